The number of nitrogens with one attached hydrogen (secondary N) is 3. The molecule has 4 aromatic carbocycles. The van der Waals surface area contributed by atoms with Gasteiger partial charge in [-0.2, -0.15) is 0 Å². The van der Waals surface area contributed by atoms with E-state index in [9.17, 15) is 14.4 Å². The van der Waals surface area contributed by atoms with Gasteiger partial charge in [0, 0.05) is 58.0 Å². The van der Waals surface area contributed by atoms with Crippen LogP contribution in [0.25, 0.3) is 32.6 Å². The number of ether oxygens (including phenoxy) is 1. The number of aromatic amines is 2. The maximum Gasteiger partial charge on any atom is 0.308 e. The summed E-state index contributed by atoms with van der Waals surface area (Å²) in [6, 6.07) is 24.2. The number of fused-ring (bicyclic) bond motifs is 5. The number of H-pyrrole nitrogens is 2. The zero-order valence-corrected chi connectivity index (χ0v) is 23.5. The smallest absolute Gasteiger partial charge is 0.308 e. The van der Waals surface area contributed by atoms with Crippen LogP contribution in [0, 0.1) is 6.92 Å². The Morgan fingerprint density at radius 1 is 0.881 bits per heavy atom. The number of aromatic nitrogens is 2. The Balaban J connectivity index is 1.18. The van der Waals surface area contributed by atoms with Crippen LogP contribution in [0.1, 0.15) is 44.4 Å². The first-order valence-electron chi connectivity index (χ1n) is 13.5. The van der Waals surface area contributed by atoms with Crippen LogP contribution in [0.3, 0.4) is 0 Å². The van der Waals surface area contributed by atoms with Crippen molar-refractivity contribution in [1.82, 2.24) is 9.97 Å². The van der Waals surface area contributed by atoms with E-state index in [0.29, 0.717) is 28.5 Å². The summed E-state index contributed by atoms with van der Waals surface area (Å²) < 4.78 is 5.50. The number of alkyl halides is 1. The molecule has 3 heterocycles. The standard InChI is InChI=1S/C33H25ClN4O4/c1-17-7-9-25-19(11-17)13-27(36-25)32(40)35-21-8-10-26-20(12-21)14-28(37-26)33(41)38-16-24(34)31-23-6-4-3-5-22(23)30(15-29(31)38)42-18(2)39/h3-15,24,36-37H,16H2,1-2H3,(H,35,40). The van der Waals surface area contributed by atoms with Gasteiger partial charge in [-0.3, -0.25) is 14.4 Å². The van der Waals surface area contributed by atoms with Gasteiger partial charge in [0.2, 0.25) is 0 Å². The summed E-state index contributed by atoms with van der Waals surface area (Å²) in [7, 11) is 0. The molecule has 0 fully saturated rings. The molecule has 0 saturated carbocycles. The van der Waals surface area contributed by atoms with E-state index in [-0.39, 0.29) is 18.4 Å². The predicted octanol–water partition coefficient (Wildman–Crippen LogP) is 7.23. The van der Waals surface area contributed by atoms with E-state index in [1.165, 1.54) is 6.92 Å². The molecule has 42 heavy (non-hydrogen) atoms. The lowest BCUT2D eigenvalue weighted by Gasteiger charge is -2.18. The highest BCUT2D eigenvalue weighted by molar-refractivity contribution is 6.25. The Kier molecular flexibility index (Phi) is 6.02. The summed E-state index contributed by atoms with van der Waals surface area (Å²) in [6.45, 7) is 3.62. The average Bonchev–Trinajstić information content (AvgIpc) is 3.67. The van der Waals surface area contributed by atoms with Gasteiger partial charge >= 0.3 is 5.97 Å². The Bertz CT molecular complexity index is 2090. The monoisotopic (exact) mass is 576 g/mol. The summed E-state index contributed by atoms with van der Waals surface area (Å²) >= 11 is 6.78. The van der Waals surface area contributed by atoms with Gasteiger partial charge in [-0.25, -0.2) is 0 Å². The Morgan fingerprint density at radius 2 is 1.57 bits per heavy atom. The molecule has 0 aliphatic carbocycles. The molecule has 0 saturated heterocycles. The number of hydrogen-bond acceptors (Lipinski definition) is 4. The maximum absolute atomic E-state index is 13.8. The van der Waals surface area contributed by atoms with E-state index in [0.717, 1.165) is 43.7 Å². The average molecular weight is 577 g/mol. The fourth-order valence-corrected chi connectivity index (χ4v) is 6.10. The van der Waals surface area contributed by atoms with Gasteiger partial charge in [0.25, 0.3) is 11.8 Å². The van der Waals surface area contributed by atoms with Crippen molar-refractivity contribution in [2.45, 2.75) is 19.2 Å². The van der Waals surface area contributed by atoms with Crippen LogP contribution in [-0.4, -0.2) is 34.3 Å². The molecule has 2 amide bonds. The van der Waals surface area contributed by atoms with Crippen molar-refractivity contribution in [3.8, 4) is 5.75 Å². The van der Waals surface area contributed by atoms with Crippen LogP contribution >= 0.6 is 11.6 Å². The summed E-state index contributed by atoms with van der Waals surface area (Å²) in [5.74, 6) is -0.592. The van der Waals surface area contributed by atoms with E-state index in [2.05, 4.69) is 15.3 Å². The van der Waals surface area contributed by atoms with Gasteiger partial charge in [0.1, 0.15) is 17.1 Å². The molecule has 1 aliphatic heterocycles. The lowest BCUT2D eigenvalue weighted by atomic mass is 10.0. The number of aryl methyl sites for hydroxylation is 1. The summed E-state index contributed by atoms with van der Waals surface area (Å²) in [4.78, 5) is 46.6. The molecule has 0 bridgehead atoms. The molecule has 1 unspecified atom stereocenters. The van der Waals surface area contributed by atoms with Gasteiger partial charge in [-0.05, 0) is 54.8 Å². The molecule has 3 N–H and O–H groups in total. The zero-order valence-electron chi connectivity index (χ0n) is 22.7. The number of rotatable bonds is 4. The number of esters is 1. The molecule has 1 aliphatic rings. The third-order valence-electron chi connectivity index (χ3n) is 7.60. The molecule has 9 heteroatoms. The second-order valence-electron chi connectivity index (χ2n) is 10.5. The van der Waals surface area contributed by atoms with Crippen molar-refractivity contribution in [3.63, 3.8) is 0 Å². The van der Waals surface area contributed by atoms with Crippen LogP contribution in [0.2, 0.25) is 0 Å². The molecular weight excluding hydrogens is 552 g/mol. The summed E-state index contributed by atoms with van der Waals surface area (Å²) in [5.41, 5.74) is 5.63. The van der Waals surface area contributed by atoms with Gasteiger partial charge in [-0.15, -0.1) is 11.6 Å². The van der Waals surface area contributed by atoms with Crippen molar-refractivity contribution in [2.24, 2.45) is 0 Å². The van der Waals surface area contributed by atoms with Crippen LogP contribution in [0.5, 0.6) is 5.75 Å². The first-order valence-corrected chi connectivity index (χ1v) is 13.9. The Hall–Kier alpha value is -5.08. The molecule has 6 aromatic rings. The van der Waals surface area contributed by atoms with Crippen molar-refractivity contribution in [2.75, 3.05) is 16.8 Å². The Labute approximate surface area is 245 Å². The highest BCUT2D eigenvalue weighted by atomic mass is 35.5. The molecule has 8 nitrogen and oxygen atoms in total. The molecule has 0 spiro atoms. The molecule has 0 radical (unpaired) electrons. The van der Waals surface area contributed by atoms with E-state index in [4.69, 9.17) is 16.3 Å². The Morgan fingerprint density at radius 3 is 2.36 bits per heavy atom. The molecule has 7 rings (SSSR count). The molecular formula is C33H25ClN4O4. The summed E-state index contributed by atoms with van der Waals surface area (Å²) in [6.07, 6.45) is 0. The number of carbonyl (C=O) groups is 3. The second kappa shape index (κ2) is 9.78. The van der Waals surface area contributed by atoms with Crippen LogP contribution in [0.4, 0.5) is 11.4 Å². The number of anilines is 2. The van der Waals surface area contributed by atoms with E-state index < -0.39 is 11.3 Å². The number of nitrogens with zero attached hydrogens (tertiary/aromatic N) is 1. The minimum Gasteiger partial charge on any atom is -0.426 e. The maximum atomic E-state index is 13.8. The van der Waals surface area contributed by atoms with Crippen LogP contribution in [0.15, 0.2) is 78.9 Å². The third kappa shape index (κ3) is 4.37. The minimum absolute atomic E-state index is 0.257. The van der Waals surface area contributed by atoms with Crippen molar-refractivity contribution in [1.29, 1.82) is 0 Å². The fraction of sp³-hybridized carbons (Fsp3) is 0.121. The quantitative estimate of drug-likeness (QED) is 0.117. The van der Waals surface area contributed by atoms with E-state index in [1.807, 2.05) is 67.6 Å². The minimum atomic E-state index is -0.448. The number of halogens is 1. The van der Waals surface area contributed by atoms with Crippen molar-refractivity contribution < 1.29 is 19.1 Å². The van der Waals surface area contributed by atoms with Gasteiger partial charge < -0.3 is 24.9 Å². The molecule has 2 aromatic heterocycles. The number of hydrogen-bond donors (Lipinski definition) is 3. The first-order chi connectivity index (χ1) is 20.2. The second-order valence-corrected chi connectivity index (χ2v) is 11.1. The normalized spacial score (nSPS) is 14.5. The van der Waals surface area contributed by atoms with Crippen molar-refractivity contribution in [3.05, 3.63) is 101 Å². The topological polar surface area (TPSA) is 107 Å². The number of amides is 2. The lowest BCUT2D eigenvalue weighted by molar-refractivity contribution is -0.131. The van der Waals surface area contributed by atoms with Gasteiger partial charge in [0.05, 0.1) is 11.1 Å². The molecule has 208 valence electrons. The van der Waals surface area contributed by atoms with Crippen LogP contribution < -0.4 is 15.0 Å². The predicted molar refractivity (Wildman–Crippen MR) is 165 cm³/mol. The SMILES string of the molecule is CC(=O)Oc1cc2c(c3ccccc13)C(Cl)CN2C(=O)c1cc2cc(NC(=O)c3cc4cc(C)ccc4[nH]3)ccc2[nH]1. The number of carbonyl (C=O) groups excluding carboxylic acids is 3. The molecule has 1 atom stereocenters. The third-order valence-corrected chi connectivity index (χ3v) is 7.96. The van der Waals surface area contributed by atoms with Gasteiger partial charge in [-0.1, -0.05) is 35.9 Å². The zero-order chi connectivity index (χ0) is 29.1. The van der Waals surface area contributed by atoms with E-state index >= 15 is 0 Å². The lowest BCUT2D eigenvalue weighted by Crippen LogP contribution is -2.29. The summed E-state index contributed by atoms with van der Waals surface area (Å²) in [5, 5.41) is 5.84. The highest BCUT2D eigenvalue weighted by Crippen LogP contribution is 2.47. The largest absolute Gasteiger partial charge is 0.426 e. The number of benzene rings is 4. The van der Waals surface area contributed by atoms with Crippen LogP contribution in [-0.2, 0) is 4.79 Å². The first kappa shape index (κ1) is 25.9. The highest BCUT2D eigenvalue weighted by Gasteiger charge is 2.35. The van der Waals surface area contributed by atoms with E-state index in [1.54, 1.807) is 23.1 Å². The fourth-order valence-electron chi connectivity index (χ4n) is 5.73. The van der Waals surface area contributed by atoms with Gasteiger partial charge in [0.15, 0.2) is 0 Å². The van der Waals surface area contributed by atoms with Crippen molar-refractivity contribution >= 4 is 73.3 Å².